The summed E-state index contributed by atoms with van der Waals surface area (Å²) >= 11 is 0. The summed E-state index contributed by atoms with van der Waals surface area (Å²) in [6, 6.07) is 12.0. The summed E-state index contributed by atoms with van der Waals surface area (Å²) in [5.41, 5.74) is 3.89. The van der Waals surface area contributed by atoms with Gasteiger partial charge in [-0.15, -0.1) is 0 Å². The van der Waals surface area contributed by atoms with Crippen LogP contribution in [-0.2, 0) is 14.3 Å². The number of H-pyrrole nitrogens is 1. The Morgan fingerprint density at radius 1 is 0.840 bits per heavy atom. The Hall–Kier alpha value is -5.00. The highest BCUT2D eigenvalue weighted by atomic mass is 16.5. The predicted octanol–water partition coefficient (Wildman–Crippen LogP) is 6.04. The van der Waals surface area contributed by atoms with E-state index in [9.17, 15) is 14.4 Å². The smallest absolute Gasteiger partial charge is 0.407 e. The Morgan fingerprint density at radius 2 is 1.54 bits per heavy atom. The van der Waals surface area contributed by atoms with Gasteiger partial charge in [0.25, 0.3) is 0 Å². The van der Waals surface area contributed by atoms with Crippen molar-refractivity contribution in [1.82, 2.24) is 35.1 Å². The average molecular weight is 681 g/mol. The minimum absolute atomic E-state index is 0.00437. The monoisotopic (exact) mass is 680 g/mol. The lowest BCUT2D eigenvalue weighted by molar-refractivity contribution is -0.137. The first-order valence-corrected chi connectivity index (χ1v) is 17.6. The molecule has 2 saturated heterocycles. The number of imidazole rings is 1. The number of carbonyl (C=O) groups excluding carboxylic acids is 3. The van der Waals surface area contributed by atoms with E-state index in [4.69, 9.17) is 9.72 Å². The molecule has 2 fully saturated rings. The van der Waals surface area contributed by atoms with Crippen LogP contribution in [0.15, 0.2) is 55.0 Å². The molecule has 0 aliphatic carbocycles. The van der Waals surface area contributed by atoms with Crippen molar-refractivity contribution in [3.63, 3.8) is 0 Å². The maximum Gasteiger partial charge on any atom is 0.407 e. The van der Waals surface area contributed by atoms with Gasteiger partial charge in [-0.2, -0.15) is 0 Å². The Labute approximate surface area is 293 Å². The molecule has 4 heterocycles. The van der Waals surface area contributed by atoms with Crippen molar-refractivity contribution in [3.8, 4) is 22.4 Å². The van der Waals surface area contributed by atoms with Crippen LogP contribution < -0.4 is 10.6 Å². The van der Waals surface area contributed by atoms with Crippen LogP contribution in [0.1, 0.15) is 65.7 Å². The summed E-state index contributed by atoms with van der Waals surface area (Å²) in [6.07, 6.45) is 7.53. The molecule has 4 aromatic rings. The molecule has 2 aromatic heterocycles. The molecule has 4 atom stereocenters. The highest BCUT2D eigenvalue weighted by molar-refractivity contribution is 5.90. The SMILES string of the molecule is COC(=O)N[C@H](C(=O)N1CCC(Nc2ncc(-c3ccc4cc(-c5cnc([C@@H]6CCCN6C(=O)[C@@H](C)C(C)C)[nH]5)ccc4c3)cn2)C1)C(C)C. The van der Waals surface area contributed by atoms with Gasteiger partial charge in [-0.3, -0.25) is 9.59 Å². The third-order valence-corrected chi connectivity index (χ3v) is 10.2. The van der Waals surface area contributed by atoms with Gasteiger partial charge in [-0.1, -0.05) is 58.9 Å². The molecular weight excluding hydrogens is 632 g/mol. The summed E-state index contributed by atoms with van der Waals surface area (Å²) in [4.78, 5) is 59.2. The number of fused-ring (bicyclic) bond motifs is 1. The van der Waals surface area contributed by atoms with E-state index in [1.807, 2.05) is 44.3 Å². The number of likely N-dealkylation sites (tertiary alicyclic amines) is 2. The lowest BCUT2D eigenvalue weighted by atomic mass is 9.96. The van der Waals surface area contributed by atoms with E-state index in [0.29, 0.717) is 25.0 Å². The third-order valence-electron chi connectivity index (χ3n) is 10.2. The molecule has 12 nitrogen and oxygen atoms in total. The van der Waals surface area contributed by atoms with E-state index in [1.165, 1.54) is 7.11 Å². The van der Waals surface area contributed by atoms with Crippen LogP contribution in [0.25, 0.3) is 33.2 Å². The first kappa shape index (κ1) is 34.8. The number of anilines is 1. The van der Waals surface area contributed by atoms with E-state index < -0.39 is 12.1 Å². The second kappa shape index (κ2) is 14.9. The van der Waals surface area contributed by atoms with Crippen LogP contribution in [0.3, 0.4) is 0 Å². The van der Waals surface area contributed by atoms with Gasteiger partial charge >= 0.3 is 6.09 Å². The van der Waals surface area contributed by atoms with Gasteiger partial charge in [-0.25, -0.2) is 19.7 Å². The van der Waals surface area contributed by atoms with Crippen molar-refractivity contribution in [2.45, 2.75) is 72.0 Å². The quantitative estimate of drug-likeness (QED) is 0.184. The number of hydrogen-bond donors (Lipinski definition) is 3. The molecule has 50 heavy (non-hydrogen) atoms. The molecule has 0 bridgehead atoms. The molecule has 12 heteroatoms. The lowest BCUT2D eigenvalue weighted by Crippen LogP contribution is -2.51. The van der Waals surface area contributed by atoms with E-state index >= 15 is 0 Å². The summed E-state index contributed by atoms with van der Waals surface area (Å²) in [6.45, 7) is 11.9. The third kappa shape index (κ3) is 7.44. The van der Waals surface area contributed by atoms with Gasteiger partial charge in [0.15, 0.2) is 0 Å². The fourth-order valence-corrected chi connectivity index (χ4v) is 6.82. The molecule has 6 rings (SSSR count). The van der Waals surface area contributed by atoms with Crippen LogP contribution in [-0.4, -0.2) is 86.5 Å². The van der Waals surface area contributed by atoms with E-state index in [-0.39, 0.29) is 35.7 Å². The second-order valence-electron chi connectivity index (χ2n) is 14.2. The highest BCUT2D eigenvalue weighted by Gasteiger charge is 2.35. The lowest BCUT2D eigenvalue weighted by Gasteiger charge is -2.27. The van der Waals surface area contributed by atoms with Crippen molar-refractivity contribution in [2.24, 2.45) is 17.8 Å². The largest absolute Gasteiger partial charge is 0.453 e. The minimum Gasteiger partial charge on any atom is -0.453 e. The van der Waals surface area contributed by atoms with Crippen LogP contribution in [0, 0.1) is 17.8 Å². The molecule has 2 aromatic carbocycles. The Morgan fingerprint density at radius 3 is 2.22 bits per heavy atom. The maximum atomic E-state index is 13.2. The summed E-state index contributed by atoms with van der Waals surface area (Å²) < 4.78 is 4.70. The minimum atomic E-state index is -0.645. The standard InChI is InChI=1S/C38H48N8O4/c1-22(2)24(5)35(47)46-14-7-8-32(46)34-39-20-31(43-34)28-12-11-25-16-27(10-9-26(25)17-28)29-18-40-37(41-19-29)42-30-13-15-45(21-30)36(48)33(23(3)4)44-38(49)50-6/h9-12,16-20,22-24,30,32-33H,7-8,13-15,21H2,1-6H3,(H,39,43)(H,44,49)(H,40,41,42)/t24-,30?,32-,33-/m0/s1. The van der Waals surface area contributed by atoms with Crippen molar-refractivity contribution in [1.29, 1.82) is 0 Å². The Kier molecular flexibility index (Phi) is 10.4. The highest BCUT2D eigenvalue weighted by Crippen LogP contribution is 2.34. The number of rotatable bonds is 10. The molecule has 2 aliphatic rings. The first-order chi connectivity index (χ1) is 24.0. The van der Waals surface area contributed by atoms with E-state index in [2.05, 4.69) is 75.8 Å². The van der Waals surface area contributed by atoms with Crippen LogP contribution in [0.2, 0.25) is 0 Å². The fraction of sp³-hybridized carbons (Fsp3) is 0.474. The van der Waals surface area contributed by atoms with Crippen molar-refractivity contribution < 1.29 is 19.1 Å². The van der Waals surface area contributed by atoms with Gasteiger partial charge in [0.1, 0.15) is 11.9 Å². The number of benzene rings is 2. The number of carbonyl (C=O) groups is 3. The molecule has 1 unspecified atom stereocenters. The molecular formula is C38H48N8O4. The molecule has 0 saturated carbocycles. The Bertz CT molecular complexity index is 1840. The van der Waals surface area contributed by atoms with Crippen molar-refractivity contribution in [2.75, 3.05) is 32.1 Å². The number of nitrogens with one attached hydrogen (secondary N) is 3. The molecule has 264 valence electrons. The number of hydrogen-bond acceptors (Lipinski definition) is 8. The van der Waals surface area contributed by atoms with Crippen LogP contribution in [0.4, 0.5) is 10.7 Å². The van der Waals surface area contributed by atoms with Crippen molar-refractivity contribution >= 4 is 34.6 Å². The number of aromatic nitrogens is 4. The topological polar surface area (TPSA) is 145 Å². The summed E-state index contributed by atoms with van der Waals surface area (Å²) in [5, 5.41) is 8.22. The van der Waals surface area contributed by atoms with Gasteiger partial charge < -0.3 is 30.2 Å². The summed E-state index contributed by atoms with van der Waals surface area (Å²) in [5.74, 6) is 1.66. The molecule has 3 amide bonds. The zero-order valence-electron chi connectivity index (χ0n) is 29.8. The predicted molar refractivity (Wildman–Crippen MR) is 193 cm³/mol. The van der Waals surface area contributed by atoms with Gasteiger partial charge in [-0.05, 0) is 59.6 Å². The number of aromatic amines is 1. The first-order valence-electron chi connectivity index (χ1n) is 17.6. The molecule has 3 N–H and O–H groups in total. The van der Waals surface area contributed by atoms with Crippen molar-refractivity contribution in [3.05, 3.63) is 60.8 Å². The van der Waals surface area contributed by atoms with Crippen LogP contribution >= 0.6 is 0 Å². The normalized spacial score (nSPS) is 18.9. The summed E-state index contributed by atoms with van der Waals surface area (Å²) in [7, 11) is 1.29. The van der Waals surface area contributed by atoms with Crippen LogP contribution in [0.5, 0.6) is 0 Å². The van der Waals surface area contributed by atoms with E-state index in [0.717, 1.165) is 64.8 Å². The van der Waals surface area contributed by atoms with Gasteiger partial charge in [0.05, 0.1) is 25.0 Å². The number of amides is 3. The zero-order chi connectivity index (χ0) is 35.5. The molecule has 2 aliphatic heterocycles. The zero-order valence-corrected chi connectivity index (χ0v) is 29.8. The average Bonchev–Trinajstić information content (AvgIpc) is 3.91. The number of ether oxygens (including phenoxy) is 1. The molecule has 0 spiro atoms. The second-order valence-corrected chi connectivity index (χ2v) is 14.2. The fourth-order valence-electron chi connectivity index (χ4n) is 6.82. The van der Waals surface area contributed by atoms with E-state index in [1.54, 1.807) is 4.90 Å². The Balaban J connectivity index is 1.08. The van der Waals surface area contributed by atoms with Gasteiger partial charge in [0, 0.05) is 55.1 Å². The maximum absolute atomic E-state index is 13.2. The number of alkyl carbamates (subject to hydrolysis) is 1. The molecule has 0 radical (unpaired) electrons. The number of methoxy groups -OCH3 is 1. The van der Waals surface area contributed by atoms with Gasteiger partial charge in [0.2, 0.25) is 17.8 Å². The number of nitrogens with zero attached hydrogens (tertiary/aromatic N) is 5.